The molecule has 0 amide bonds. The molecule has 2 heteroatoms. The summed E-state index contributed by atoms with van der Waals surface area (Å²) in [6, 6.07) is 23.3. The van der Waals surface area contributed by atoms with Gasteiger partial charge >= 0.3 is 0 Å². The molecule has 0 saturated carbocycles. The highest BCUT2D eigenvalue weighted by Crippen LogP contribution is 2.50. The van der Waals surface area contributed by atoms with Gasteiger partial charge in [0.25, 0.3) is 0 Å². The van der Waals surface area contributed by atoms with Crippen molar-refractivity contribution >= 4 is 22.2 Å². The van der Waals surface area contributed by atoms with E-state index in [0.29, 0.717) is 6.42 Å². The first-order valence-corrected chi connectivity index (χ1v) is 9.63. The van der Waals surface area contributed by atoms with E-state index in [2.05, 4.69) is 79.8 Å². The zero-order valence-corrected chi connectivity index (χ0v) is 15.8. The van der Waals surface area contributed by atoms with Gasteiger partial charge in [0.15, 0.2) is 5.78 Å². The molecule has 134 valence electrons. The minimum absolute atomic E-state index is 0.00148. The van der Waals surface area contributed by atoms with E-state index in [1.807, 2.05) is 6.07 Å². The van der Waals surface area contributed by atoms with Gasteiger partial charge in [0.2, 0.25) is 0 Å². The number of carbonyl (C=O) groups is 1. The molecule has 5 rings (SSSR count). The topological polar surface area (TPSA) is 29.1 Å². The molecule has 3 aromatic rings. The molecule has 1 aliphatic carbocycles. The number of benzene rings is 3. The van der Waals surface area contributed by atoms with Gasteiger partial charge in [-0.05, 0) is 39.8 Å². The molecule has 0 radical (unpaired) electrons. The number of carbonyl (C=O) groups excluding carboxylic acids is 1. The van der Waals surface area contributed by atoms with Crippen LogP contribution in [0.5, 0.6) is 0 Å². The van der Waals surface area contributed by atoms with E-state index in [1.54, 1.807) is 0 Å². The van der Waals surface area contributed by atoms with Crippen LogP contribution in [0.1, 0.15) is 43.7 Å². The first kappa shape index (κ1) is 16.3. The lowest BCUT2D eigenvalue weighted by molar-refractivity contribution is -0.118. The average Bonchev–Trinajstić information content (AvgIpc) is 2.66. The van der Waals surface area contributed by atoms with Crippen molar-refractivity contribution in [2.75, 3.05) is 5.32 Å². The first-order valence-electron chi connectivity index (χ1n) is 9.63. The van der Waals surface area contributed by atoms with Crippen LogP contribution in [-0.2, 0) is 4.79 Å². The van der Waals surface area contributed by atoms with Gasteiger partial charge in [0.1, 0.15) is 0 Å². The zero-order chi connectivity index (χ0) is 18.6. The van der Waals surface area contributed by atoms with Crippen LogP contribution < -0.4 is 5.32 Å². The number of Topliss-reactive ketones (excluding diaryl/α,β-unsaturated/α-hetero) is 1. The van der Waals surface area contributed by atoms with Crippen molar-refractivity contribution in [3.63, 3.8) is 0 Å². The normalized spacial score (nSPS) is 20.8. The number of nitrogens with one attached hydrogen (secondary N) is 1. The van der Waals surface area contributed by atoms with Crippen LogP contribution in [0.25, 0.3) is 10.8 Å². The lowest BCUT2D eigenvalue weighted by Crippen LogP contribution is -2.33. The molecule has 0 fully saturated rings. The molecule has 0 unspecified atom stereocenters. The fraction of sp³-hybridized carbons (Fsp3) is 0.240. The fourth-order valence-electron chi connectivity index (χ4n) is 4.78. The van der Waals surface area contributed by atoms with E-state index in [-0.39, 0.29) is 17.1 Å². The Balaban J connectivity index is 1.82. The second-order valence-corrected chi connectivity index (χ2v) is 8.55. The minimum atomic E-state index is -0.00727. The molecular weight excluding hydrogens is 330 g/mol. The lowest BCUT2D eigenvalue weighted by atomic mass is 9.68. The van der Waals surface area contributed by atoms with Gasteiger partial charge in [-0.25, -0.2) is 0 Å². The Morgan fingerprint density at radius 1 is 0.889 bits per heavy atom. The third-order valence-electron chi connectivity index (χ3n) is 5.89. The number of anilines is 1. The van der Waals surface area contributed by atoms with Gasteiger partial charge in [0, 0.05) is 29.3 Å². The van der Waals surface area contributed by atoms with Crippen molar-refractivity contribution < 1.29 is 4.79 Å². The quantitative estimate of drug-likeness (QED) is 0.578. The maximum absolute atomic E-state index is 13.3. The smallest absolute Gasteiger partial charge is 0.162 e. The van der Waals surface area contributed by atoms with Gasteiger partial charge in [-0.15, -0.1) is 0 Å². The highest BCUT2D eigenvalue weighted by Gasteiger charge is 2.41. The van der Waals surface area contributed by atoms with E-state index in [4.69, 9.17) is 0 Å². The van der Waals surface area contributed by atoms with Crippen molar-refractivity contribution in [2.45, 2.75) is 32.6 Å². The van der Waals surface area contributed by atoms with E-state index in [1.165, 1.54) is 21.9 Å². The van der Waals surface area contributed by atoms with Crippen LogP contribution in [0, 0.1) is 5.41 Å². The summed E-state index contributed by atoms with van der Waals surface area (Å²) in [7, 11) is 0. The number of allylic oxidation sites excluding steroid dienone is 2. The Bertz CT molecular complexity index is 1090. The Kier molecular flexibility index (Phi) is 3.51. The molecular formula is C25H23NO. The summed E-state index contributed by atoms with van der Waals surface area (Å²) < 4.78 is 0. The second-order valence-electron chi connectivity index (χ2n) is 8.55. The SMILES string of the molecule is CC1(C)CC(=O)C2=C(C1)Nc1ccc3ccccc3c1[C@@H]2c1ccccc1. The van der Waals surface area contributed by atoms with Crippen LogP contribution in [0.3, 0.4) is 0 Å². The molecule has 2 aliphatic rings. The van der Waals surface area contributed by atoms with Crippen LogP contribution in [0.15, 0.2) is 78.0 Å². The summed E-state index contributed by atoms with van der Waals surface area (Å²) in [5.74, 6) is 0.272. The monoisotopic (exact) mass is 353 g/mol. The van der Waals surface area contributed by atoms with Gasteiger partial charge in [-0.2, -0.15) is 0 Å². The Hall–Kier alpha value is -2.87. The Labute approximate surface area is 159 Å². The molecule has 2 nitrogen and oxygen atoms in total. The van der Waals surface area contributed by atoms with Crippen molar-refractivity contribution in [1.29, 1.82) is 0 Å². The van der Waals surface area contributed by atoms with E-state index < -0.39 is 0 Å². The van der Waals surface area contributed by atoms with Crippen LogP contribution >= 0.6 is 0 Å². The molecule has 0 bridgehead atoms. The summed E-state index contributed by atoms with van der Waals surface area (Å²) in [5, 5.41) is 6.07. The average molecular weight is 353 g/mol. The third-order valence-corrected chi connectivity index (χ3v) is 5.89. The molecule has 0 spiro atoms. The van der Waals surface area contributed by atoms with Crippen LogP contribution in [-0.4, -0.2) is 5.78 Å². The van der Waals surface area contributed by atoms with Gasteiger partial charge in [-0.1, -0.05) is 74.5 Å². The predicted octanol–water partition coefficient (Wildman–Crippen LogP) is 6.04. The number of rotatable bonds is 1. The number of hydrogen-bond donors (Lipinski definition) is 1. The maximum atomic E-state index is 13.3. The van der Waals surface area contributed by atoms with Gasteiger partial charge in [-0.3, -0.25) is 4.79 Å². The lowest BCUT2D eigenvalue weighted by Gasteiger charge is -2.40. The molecule has 27 heavy (non-hydrogen) atoms. The molecule has 0 saturated heterocycles. The Morgan fingerprint density at radius 2 is 1.63 bits per heavy atom. The van der Waals surface area contributed by atoms with Crippen LogP contribution in [0.4, 0.5) is 5.69 Å². The first-order chi connectivity index (χ1) is 13.0. The number of fused-ring (bicyclic) bond motifs is 3. The minimum Gasteiger partial charge on any atom is -0.358 e. The largest absolute Gasteiger partial charge is 0.358 e. The van der Waals surface area contributed by atoms with E-state index in [0.717, 1.165) is 23.4 Å². The van der Waals surface area contributed by atoms with Crippen molar-refractivity contribution in [3.05, 3.63) is 89.1 Å². The summed E-state index contributed by atoms with van der Waals surface area (Å²) in [5.41, 5.74) is 5.62. The number of hydrogen-bond acceptors (Lipinski definition) is 2. The summed E-state index contributed by atoms with van der Waals surface area (Å²) in [6.45, 7) is 4.37. The highest BCUT2D eigenvalue weighted by atomic mass is 16.1. The molecule has 1 heterocycles. The van der Waals surface area contributed by atoms with Gasteiger partial charge in [0.05, 0.1) is 0 Å². The summed E-state index contributed by atoms with van der Waals surface area (Å²) >= 11 is 0. The van der Waals surface area contributed by atoms with Crippen molar-refractivity contribution in [1.82, 2.24) is 0 Å². The fourth-order valence-corrected chi connectivity index (χ4v) is 4.78. The second kappa shape index (κ2) is 5.82. The summed E-state index contributed by atoms with van der Waals surface area (Å²) in [6.07, 6.45) is 1.51. The molecule has 3 aromatic carbocycles. The van der Waals surface area contributed by atoms with Crippen molar-refractivity contribution in [2.24, 2.45) is 5.41 Å². The predicted molar refractivity (Wildman–Crippen MR) is 111 cm³/mol. The third kappa shape index (κ3) is 2.59. The summed E-state index contributed by atoms with van der Waals surface area (Å²) in [4.78, 5) is 13.3. The molecule has 1 N–H and O–H groups in total. The van der Waals surface area contributed by atoms with Crippen molar-refractivity contribution in [3.8, 4) is 0 Å². The van der Waals surface area contributed by atoms with Crippen LogP contribution in [0.2, 0.25) is 0 Å². The molecule has 0 aromatic heterocycles. The Morgan fingerprint density at radius 3 is 2.44 bits per heavy atom. The van der Waals surface area contributed by atoms with E-state index >= 15 is 0 Å². The standard InChI is InChI=1S/C25H23NO/c1-25(2)14-20-24(21(27)15-25)22(17-9-4-3-5-10-17)23-18-11-7-6-8-16(18)12-13-19(23)26-20/h3-13,22,26H,14-15H2,1-2H3/t22-/m0/s1. The number of ketones is 1. The van der Waals surface area contributed by atoms with E-state index in [9.17, 15) is 4.79 Å². The highest BCUT2D eigenvalue weighted by molar-refractivity contribution is 6.04. The van der Waals surface area contributed by atoms with Gasteiger partial charge < -0.3 is 5.32 Å². The molecule has 1 aliphatic heterocycles. The maximum Gasteiger partial charge on any atom is 0.162 e. The molecule has 1 atom stereocenters. The zero-order valence-electron chi connectivity index (χ0n) is 15.8.